The number of methoxy groups -OCH3 is 1. The third-order valence-electron chi connectivity index (χ3n) is 4.98. The van der Waals surface area contributed by atoms with Crippen molar-refractivity contribution in [3.63, 3.8) is 0 Å². The van der Waals surface area contributed by atoms with Gasteiger partial charge in [0.1, 0.15) is 0 Å². The zero-order chi connectivity index (χ0) is 18.5. The van der Waals surface area contributed by atoms with Crippen molar-refractivity contribution in [3.05, 3.63) is 0 Å². The van der Waals surface area contributed by atoms with Crippen molar-refractivity contribution in [1.82, 2.24) is 15.5 Å². The molecule has 2 rings (SSSR count). The second-order valence-electron chi connectivity index (χ2n) is 7.05. The molecule has 0 aliphatic carbocycles. The van der Waals surface area contributed by atoms with Crippen LogP contribution in [0.5, 0.6) is 0 Å². The van der Waals surface area contributed by atoms with Crippen LogP contribution in [0.15, 0.2) is 4.99 Å². The van der Waals surface area contributed by atoms with Crippen molar-refractivity contribution in [1.29, 1.82) is 0 Å². The Hall–Kier alpha value is -0.160. The van der Waals surface area contributed by atoms with Crippen LogP contribution in [0.3, 0.4) is 0 Å². The number of ether oxygens (including phenoxy) is 3. The lowest BCUT2D eigenvalue weighted by atomic mass is 10.1. The van der Waals surface area contributed by atoms with Gasteiger partial charge >= 0.3 is 0 Å². The maximum atomic E-state index is 5.91. The molecule has 2 saturated heterocycles. The number of guanidine groups is 1. The van der Waals surface area contributed by atoms with E-state index in [9.17, 15) is 0 Å². The molecule has 2 N–H and O–H groups in total. The summed E-state index contributed by atoms with van der Waals surface area (Å²) in [5.41, 5.74) is 0. The molecule has 0 radical (unpaired) electrons. The van der Waals surface area contributed by atoms with E-state index < -0.39 is 0 Å². The SMILES string of the molecule is CCNC(=NCCCOC1CCOCC1)NC1CCN(CCOC)CC1.I. The first kappa shape index (κ1) is 24.9. The first-order valence-corrected chi connectivity index (χ1v) is 10.3. The Bertz CT molecular complexity index is 387. The third kappa shape index (κ3) is 10.8. The van der Waals surface area contributed by atoms with Crippen LogP contribution >= 0.6 is 24.0 Å². The fraction of sp³-hybridized carbons (Fsp3) is 0.947. The third-order valence-corrected chi connectivity index (χ3v) is 4.98. The Morgan fingerprint density at radius 3 is 2.56 bits per heavy atom. The number of hydrogen-bond acceptors (Lipinski definition) is 5. The normalized spacial score (nSPS) is 20.3. The first-order chi connectivity index (χ1) is 12.8. The molecule has 0 aromatic heterocycles. The summed E-state index contributed by atoms with van der Waals surface area (Å²) in [5, 5.41) is 6.96. The molecule has 0 amide bonds. The lowest BCUT2D eigenvalue weighted by Crippen LogP contribution is -2.49. The molecule has 0 saturated carbocycles. The number of hydrogen-bond donors (Lipinski definition) is 2. The van der Waals surface area contributed by atoms with Gasteiger partial charge in [-0.3, -0.25) is 4.99 Å². The molecule has 8 heteroatoms. The highest BCUT2D eigenvalue weighted by molar-refractivity contribution is 14.0. The Kier molecular flexibility index (Phi) is 14.5. The number of likely N-dealkylation sites (tertiary alicyclic amines) is 1. The average molecular weight is 498 g/mol. The summed E-state index contributed by atoms with van der Waals surface area (Å²) in [5.74, 6) is 0.939. The molecule has 0 atom stereocenters. The minimum Gasteiger partial charge on any atom is -0.383 e. The van der Waals surface area contributed by atoms with Gasteiger partial charge in [0.05, 0.1) is 12.7 Å². The highest BCUT2D eigenvalue weighted by Crippen LogP contribution is 2.11. The molecule has 2 heterocycles. The summed E-state index contributed by atoms with van der Waals surface area (Å²) < 4.78 is 16.4. The first-order valence-electron chi connectivity index (χ1n) is 10.3. The molecule has 0 aromatic rings. The van der Waals surface area contributed by atoms with Gasteiger partial charge < -0.3 is 29.7 Å². The zero-order valence-corrected chi connectivity index (χ0v) is 19.4. The molecule has 2 aliphatic rings. The Balaban J connectivity index is 0.00000364. The van der Waals surface area contributed by atoms with Gasteiger partial charge in [0, 0.05) is 65.7 Å². The molecular formula is C19H39IN4O3. The van der Waals surface area contributed by atoms with Crippen LogP contribution in [0.25, 0.3) is 0 Å². The number of rotatable bonds is 10. The summed E-state index contributed by atoms with van der Waals surface area (Å²) in [6.07, 6.45) is 5.70. The van der Waals surface area contributed by atoms with E-state index in [0.29, 0.717) is 12.1 Å². The van der Waals surface area contributed by atoms with Gasteiger partial charge in [0.2, 0.25) is 0 Å². The van der Waals surface area contributed by atoms with Crippen molar-refractivity contribution < 1.29 is 14.2 Å². The molecule has 27 heavy (non-hydrogen) atoms. The Morgan fingerprint density at radius 1 is 1.15 bits per heavy atom. The van der Waals surface area contributed by atoms with Gasteiger partial charge in [0.25, 0.3) is 0 Å². The number of halogens is 1. The number of aliphatic imine (C=N–C) groups is 1. The van der Waals surface area contributed by atoms with Crippen molar-refractivity contribution in [2.75, 3.05) is 66.3 Å². The quantitative estimate of drug-likeness (QED) is 0.208. The molecular weight excluding hydrogens is 459 g/mol. The van der Waals surface area contributed by atoms with Gasteiger partial charge in [0.15, 0.2) is 5.96 Å². The fourth-order valence-corrected chi connectivity index (χ4v) is 3.38. The van der Waals surface area contributed by atoms with Gasteiger partial charge in [-0.05, 0) is 39.0 Å². The van der Waals surface area contributed by atoms with Crippen LogP contribution in [0.1, 0.15) is 39.0 Å². The van der Waals surface area contributed by atoms with Gasteiger partial charge in [-0.25, -0.2) is 0 Å². The van der Waals surface area contributed by atoms with Gasteiger partial charge in [-0.15, -0.1) is 24.0 Å². The predicted molar refractivity (Wildman–Crippen MR) is 120 cm³/mol. The van der Waals surface area contributed by atoms with Crippen LogP contribution in [0, 0.1) is 0 Å². The summed E-state index contributed by atoms with van der Waals surface area (Å²) in [4.78, 5) is 7.19. The second-order valence-corrected chi connectivity index (χ2v) is 7.05. The van der Waals surface area contributed by atoms with Crippen molar-refractivity contribution in [2.24, 2.45) is 4.99 Å². The lowest BCUT2D eigenvalue weighted by molar-refractivity contribution is -0.0318. The maximum Gasteiger partial charge on any atom is 0.191 e. The molecule has 0 bridgehead atoms. The van der Waals surface area contributed by atoms with E-state index in [4.69, 9.17) is 19.2 Å². The van der Waals surface area contributed by atoms with Gasteiger partial charge in [-0.1, -0.05) is 0 Å². The summed E-state index contributed by atoms with van der Waals surface area (Å²) in [6.45, 7) is 10.3. The molecule has 0 aromatic carbocycles. The van der Waals surface area contributed by atoms with E-state index in [1.165, 1.54) is 0 Å². The number of nitrogens with zero attached hydrogens (tertiary/aromatic N) is 2. The molecule has 0 unspecified atom stereocenters. The Morgan fingerprint density at radius 2 is 1.89 bits per heavy atom. The topological polar surface area (TPSA) is 67.4 Å². The molecule has 0 spiro atoms. The van der Waals surface area contributed by atoms with Crippen molar-refractivity contribution >= 4 is 29.9 Å². The van der Waals surface area contributed by atoms with Crippen LogP contribution in [0.2, 0.25) is 0 Å². The van der Waals surface area contributed by atoms with Crippen molar-refractivity contribution in [2.45, 2.75) is 51.2 Å². The fourth-order valence-electron chi connectivity index (χ4n) is 3.38. The second kappa shape index (κ2) is 15.7. The summed E-state index contributed by atoms with van der Waals surface area (Å²) in [7, 11) is 1.77. The largest absolute Gasteiger partial charge is 0.383 e. The minimum absolute atomic E-state index is 0. The zero-order valence-electron chi connectivity index (χ0n) is 17.1. The van der Waals surface area contributed by atoms with E-state index in [0.717, 1.165) is 97.2 Å². The van der Waals surface area contributed by atoms with Crippen LogP contribution in [0.4, 0.5) is 0 Å². The van der Waals surface area contributed by atoms with Crippen LogP contribution < -0.4 is 10.6 Å². The van der Waals surface area contributed by atoms with Crippen molar-refractivity contribution in [3.8, 4) is 0 Å². The predicted octanol–water partition coefficient (Wildman–Crippen LogP) is 1.86. The number of piperidine rings is 1. The van der Waals surface area contributed by atoms with Crippen LogP contribution in [-0.2, 0) is 14.2 Å². The minimum atomic E-state index is 0. The highest BCUT2D eigenvalue weighted by atomic mass is 127. The van der Waals surface area contributed by atoms with Crippen LogP contribution in [-0.4, -0.2) is 89.3 Å². The van der Waals surface area contributed by atoms with Gasteiger partial charge in [-0.2, -0.15) is 0 Å². The molecule has 2 aliphatic heterocycles. The standard InChI is InChI=1S/C19H38N4O3.HI/c1-3-20-19(21-9-4-13-26-18-7-14-25-15-8-18)22-17-5-10-23(11-6-17)12-16-24-2;/h17-18H,3-16H2,1-2H3,(H2,20,21,22);1H. The van der Waals surface area contributed by atoms with E-state index in [-0.39, 0.29) is 24.0 Å². The summed E-state index contributed by atoms with van der Waals surface area (Å²) >= 11 is 0. The lowest BCUT2D eigenvalue weighted by Gasteiger charge is -2.32. The molecule has 2 fully saturated rings. The van der Waals surface area contributed by atoms with E-state index in [1.54, 1.807) is 7.11 Å². The smallest absolute Gasteiger partial charge is 0.191 e. The Labute approximate surface area is 182 Å². The number of nitrogens with one attached hydrogen (secondary N) is 2. The maximum absolute atomic E-state index is 5.91. The van der Waals surface area contributed by atoms with E-state index in [2.05, 4.69) is 22.5 Å². The summed E-state index contributed by atoms with van der Waals surface area (Å²) in [6, 6.07) is 0.505. The van der Waals surface area contributed by atoms with E-state index >= 15 is 0 Å². The molecule has 160 valence electrons. The monoisotopic (exact) mass is 498 g/mol. The molecule has 7 nitrogen and oxygen atoms in total. The van der Waals surface area contributed by atoms with E-state index in [1.807, 2.05) is 0 Å². The average Bonchev–Trinajstić information content (AvgIpc) is 2.68. The highest BCUT2D eigenvalue weighted by Gasteiger charge is 2.19.